The molecule has 9 heteroatoms. The first-order chi connectivity index (χ1) is 8.61. The quantitative estimate of drug-likeness (QED) is 0.540. The molecule has 0 aromatic heterocycles. The topological polar surface area (TPSA) is 138 Å². The molecule has 1 fully saturated rings. The zero-order valence-corrected chi connectivity index (χ0v) is 11.4. The van der Waals surface area contributed by atoms with E-state index in [9.17, 15) is 23.8 Å². The van der Waals surface area contributed by atoms with E-state index in [2.05, 4.69) is 0 Å². The molecule has 0 aromatic carbocycles. The van der Waals surface area contributed by atoms with E-state index in [1.807, 2.05) is 0 Å². The van der Waals surface area contributed by atoms with E-state index < -0.39 is 37.1 Å². The van der Waals surface area contributed by atoms with Gasteiger partial charge in [0.25, 0.3) is 0 Å². The fraction of sp³-hybridized carbons (Fsp3) is 0.700. The van der Waals surface area contributed by atoms with Crippen LogP contribution in [-0.2, 0) is 18.9 Å². The van der Waals surface area contributed by atoms with Gasteiger partial charge in [-0.05, 0) is 6.42 Å². The minimum absolute atomic E-state index is 0.0510. The van der Waals surface area contributed by atoms with Gasteiger partial charge in [0.05, 0.1) is 5.92 Å². The van der Waals surface area contributed by atoms with Gasteiger partial charge < -0.3 is 20.6 Å². The number of carbonyl (C=O) groups excluding carboxylic acids is 2. The van der Waals surface area contributed by atoms with Crippen molar-refractivity contribution in [3.63, 3.8) is 0 Å². The van der Waals surface area contributed by atoms with Crippen molar-refractivity contribution in [3.8, 4) is 0 Å². The minimum Gasteiger partial charge on any atom is -0.480 e. The summed E-state index contributed by atoms with van der Waals surface area (Å²) in [7, 11) is -3.35. The summed E-state index contributed by atoms with van der Waals surface area (Å²) in [5.41, 5.74) is 5.09. The molecule has 8 nitrogen and oxygen atoms in total. The molecule has 108 valence electrons. The Balaban J connectivity index is 2.77. The number of nitrogens with zero attached hydrogens (tertiary/aromatic N) is 1. The number of carbonyl (C=O) groups is 3. The van der Waals surface area contributed by atoms with Crippen LogP contribution in [0.15, 0.2) is 0 Å². The molecule has 4 N–H and O–H groups in total. The maximum absolute atomic E-state index is 11.7. The Morgan fingerprint density at radius 1 is 1.58 bits per heavy atom. The molecule has 1 aliphatic heterocycles. The standard InChI is InChI=1S/C10H17N2O6P/c1-19(17,18)3-2-7(10(15)16)12-5-6(9(11)14)4-8(12)13/h6-7H,2-5H2,1H3,(H2,11,14)(H,15,16)(H,17,18). The number of nitrogens with two attached hydrogens (primary N) is 1. The van der Waals surface area contributed by atoms with E-state index in [0.29, 0.717) is 0 Å². The van der Waals surface area contributed by atoms with E-state index in [1.54, 1.807) is 0 Å². The maximum atomic E-state index is 11.7. The van der Waals surface area contributed by atoms with E-state index in [0.717, 1.165) is 11.6 Å². The Morgan fingerprint density at radius 3 is 2.53 bits per heavy atom. The molecule has 2 amide bonds. The highest BCUT2D eigenvalue weighted by atomic mass is 31.2. The molecule has 0 radical (unpaired) electrons. The van der Waals surface area contributed by atoms with Crippen LogP contribution in [0, 0.1) is 5.92 Å². The molecule has 19 heavy (non-hydrogen) atoms. The largest absolute Gasteiger partial charge is 0.480 e. The van der Waals surface area contributed by atoms with Gasteiger partial charge in [0, 0.05) is 25.8 Å². The van der Waals surface area contributed by atoms with Gasteiger partial charge in [-0.3, -0.25) is 14.2 Å². The molecule has 0 aromatic rings. The van der Waals surface area contributed by atoms with E-state index in [-0.39, 0.29) is 25.5 Å². The number of rotatable bonds is 6. The second-order valence-corrected chi connectivity index (χ2v) is 7.32. The smallest absolute Gasteiger partial charge is 0.326 e. The highest BCUT2D eigenvalue weighted by Gasteiger charge is 2.40. The molecule has 0 spiro atoms. The second-order valence-electron chi connectivity index (χ2n) is 4.77. The van der Waals surface area contributed by atoms with Crippen molar-refractivity contribution in [2.75, 3.05) is 19.4 Å². The maximum Gasteiger partial charge on any atom is 0.326 e. The van der Waals surface area contributed by atoms with Crippen LogP contribution in [0.3, 0.4) is 0 Å². The molecule has 3 atom stereocenters. The average molecular weight is 292 g/mol. The molecule has 1 rings (SSSR count). The summed E-state index contributed by atoms with van der Waals surface area (Å²) in [6.45, 7) is 1.08. The molecular formula is C10H17N2O6P. The fourth-order valence-corrected chi connectivity index (χ4v) is 2.72. The Hall–Kier alpha value is -1.40. The molecule has 3 unspecified atom stereocenters. The molecule has 1 aliphatic rings. The van der Waals surface area contributed by atoms with Crippen molar-refractivity contribution < 1.29 is 28.9 Å². The van der Waals surface area contributed by atoms with Crippen LogP contribution in [0.5, 0.6) is 0 Å². The summed E-state index contributed by atoms with van der Waals surface area (Å²) in [4.78, 5) is 44.1. The number of hydrogen-bond acceptors (Lipinski definition) is 4. The number of primary amides is 1. The lowest BCUT2D eigenvalue weighted by Crippen LogP contribution is -2.43. The summed E-state index contributed by atoms with van der Waals surface area (Å²) in [5.74, 6) is -3.08. The third kappa shape index (κ3) is 4.33. The molecule has 0 saturated carbocycles. The van der Waals surface area contributed by atoms with Crippen LogP contribution in [-0.4, -0.2) is 58.1 Å². The number of carboxylic acids is 1. The molecular weight excluding hydrogens is 275 g/mol. The van der Waals surface area contributed by atoms with Crippen LogP contribution in [0.2, 0.25) is 0 Å². The molecule has 0 aliphatic carbocycles. The van der Waals surface area contributed by atoms with Gasteiger partial charge in [0.15, 0.2) is 7.37 Å². The summed E-state index contributed by atoms with van der Waals surface area (Å²) < 4.78 is 11.2. The predicted octanol–water partition coefficient (Wildman–Crippen LogP) is -0.936. The first kappa shape index (κ1) is 15.7. The lowest BCUT2D eigenvalue weighted by molar-refractivity contribution is -0.148. The van der Waals surface area contributed by atoms with Gasteiger partial charge in [-0.1, -0.05) is 0 Å². The van der Waals surface area contributed by atoms with E-state index in [1.165, 1.54) is 0 Å². The third-order valence-corrected chi connectivity index (χ3v) is 4.13. The average Bonchev–Trinajstić information content (AvgIpc) is 2.59. The Bertz CT molecular complexity index is 445. The molecule has 1 heterocycles. The predicted molar refractivity (Wildman–Crippen MR) is 65.7 cm³/mol. The second kappa shape index (κ2) is 5.71. The number of aliphatic carboxylic acids is 1. The summed E-state index contributed by atoms with van der Waals surface area (Å²) in [5, 5.41) is 9.09. The SMILES string of the molecule is CP(=O)(O)CCC(C(=O)O)N1CC(C(N)=O)CC1=O. The third-order valence-electron chi connectivity index (χ3n) is 3.04. The van der Waals surface area contributed by atoms with Crippen LogP contribution in [0.1, 0.15) is 12.8 Å². The van der Waals surface area contributed by atoms with Crippen molar-refractivity contribution in [2.24, 2.45) is 11.7 Å². The molecule has 1 saturated heterocycles. The Labute approximate surface area is 110 Å². The Morgan fingerprint density at radius 2 is 2.16 bits per heavy atom. The van der Waals surface area contributed by atoms with Crippen molar-refractivity contribution in [2.45, 2.75) is 18.9 Å². The lowest BCUT2D eigenvalue weighted by atomic mass is 10.1. The highest BCUT2D eigenvalue weighted by Crippen LogP contribution is 2.37. The van der Waals surface area contributed by atoms with Crippen LogP contribution in [0.4, 0.5) is 0 Å². The fourth-order valence-electron chi connectivity index (χ4n) is 2.00. The van der Waals surface area contributed by atoms with E-state index in [4.69, 9.17) is 10.8 Å². The summed E-state index contributed by atoms with van der Waals surface area (Å²) >= 11 is 0. The van der Waals surface area contributed by atoms with Gasteiger partial charge in [0.1, 0.15) is 6.04 Å². The van der Waals surface area contributed by atoms with Crippen LogP contribution >= 0.6 is 7.37 Å². The van der Waals surface area contributed by atoms with Gasteiger partial charge in [-0.2, -0.15) is 0 Å². The zero-order valence-electron chi connectivity index (χ0n) is 10.5. The van der Waals surface area contributed by atoms with Crippen LogP contribution < -0.4 is 5.73 Å². The van der Waals surface area contributed by atoms with Gasteiger partial charge in [0.2, 0.25) is 11.8 Å². The van der Waals surface area contributed by atoms with Gasteiger partial charge >= 0.3 is 5.97 Å². The number of hydrogen-bond donors (Lipinski definition) is 3. The normalized spacial score (nSPS) is 24.0. The van der Waals surface area contributed by atoms with Crippen molar-refractivity contribution in [1.82, 2.24) is 4.90 Å². The van der Waals surface area contributed by atoms with Crippen molar-refractivity contribution in [1.29, 1.82) is 0 Å². The first-order valence-corrected chi connectivity index (χ1v) is 8.02. The Kier molecular flexibility index (Phi) is 4.70. The van der Waals surface area contributed by atoms with Gasteiger partial charge in [-0.25, -0.2) is 4.79 Å². The number of likely N-dealkylation sites (tertiary alicyclic amines) is 1. The minimum atomic E-state index is -3.35. The lowest BCUT2D eigenvalue weighted by Gasteiger charge is -2.24. The monoisotopic (exact) mass is 292 g/mol. The first-order valence-electron chi connectivity index (χ1n) is 5.72. The number of amides is 2. The zero-order chi connectivity index (χ0) is 14.8. The number of carboxylic acid groups (broad SMARTS) is 1. The van der Waals surface area contributed by atoms with E-state index >= 15 is 0 Å². The van der Waals surface area contributed by atoms with Gasteiger partial charge in [-0.15, -0.1) is 0 Å². The van der Waals surface area contributed by atoms with Crippen molar-refractivity contribution >= 4 is 25.2 Å². The van der Waals surface area contributed by atoms with Crippen molar-refractivity contribution in [3.05, 3.63) is 0 Å². The molecule has 0 bridgehead atoms. The highest BCUT2D eigenvalue weighted by molar-refractivity contribution is 7.57. The van der Waals surface area contributed by atoms with Crippen LogP contribution in [0.25, 0.3) is 0 Å². The summed E-state index contributed by atoms with van der Waals surface area (Å²) in [6, 6.07) is -1.20. The summed E-state index contributed by atoms with van der Waals surface area (Å²) in [6.07, 6.45) is -0.437.